The van der Waals surface area contributed by atoms with Crippen LogP contribution in [0.2, 0.25) is 5.02 Å². The first-order valence-electron chi connectivity index (χ1n) is 7.06. The van der Waals surface area contributed by atoms with Gasteiger partial charge >= 0.3 is 0 Å². The van der Waals surface area contributed by atoms with Crippen molar-refractivity contribution in [1.29, 1.82) is 0 Å². The molecular weight excluding hydrogens is 284 g/mol. The molecule has 0 fully saturated rings. The average molecular weight is 301 g/mol. The van der Waals surface area contributed by atoms with Crippen LogP contribution < -0.4 is 0 Å². The molecule has 1 heterocycles. The Morgan fingerprint density at radius 1 is 1.19 bits per heavy atom. The van der Waals surface area contributed by atoms with E-state index in [9.17, 15) is 5.11 Å². The number of benzene rings is 2. The van der Waals surface area contributed by atoms with Crippen LogP contribution in [-0.4, -0.2) is 14.7 Å². The highest BCUT2D eigenvalue weighted by Crippen LogP contribution is 2.30. The molecule has 0 aliphatic rings. The van der Waals surface area contributed by atoms with E-state index in [2.05, 4.69) is 11.5 Å². The highest BCUT2D eigenvalue weighted by Gasteiger charge is 2.13. The summed E-state index contributed by atoms with van der Waals surface area (Å²) in [5, 5.41) is 10.6. The number of aromatic hydroxyl groups is 1. The minimum atomic E-state index is 0.292. The Labute approximate surface area is 128 Å². The lowest BCUT2D eigenvalue weighted by atomic mass is 10.1. The van der Waals surface area contributed by atoms with Crippen LogP contribution in [0.15, 0.2) is 36.4 Å². The lowest BCUT2D eigenvalue weighted by Crippen LogP contribution is -1.99. The molecule has 3 aromatic rings. The number of fused-ring (bicyclic) bond motifs is 1. The van der Waals surface area contributed by atoms with Crippen molar-refractivity contribution < 1.29 is 5.11 Å². The Morgan fingerprint density at radius 3 is 2.71 bits per heavy atom. The average Bonchev–Trinajstić information content (AvgIpc) is 2.80. The summed E-state index contributed by atoms with van der Waals surface area (Å²) in [6, 6.07) is 11.4. The Balaban J connectivity index is 2.24. The number of rotatable bonds is 3. The minimum absolute atomic E-state index is 0.292. The normalized spacial score (nSPS) is 11.2. The van der Waals surface area contributed by atoms with Crippen molar-refractivity contribution in [3.05, 3.63) is 47.0 Å². The monoisotopic (exact) mass is 300 g/mol. The molecule has 1 aromatic heterocycles. The summed E-state index contributed by atoms with van der Waals surface area (Å²) in [6.45, 7) is 4.90. The molecule has 0 amide bonds. The van der Waals surface area contributed by atoms with Gasteiger partial charge in [-0.25, -0.2) is 4.98 Å². The predicted molar refractivity (Wildman–Crippen MR) is 86.9 cm³/mol. The Hall–Kier alpha value is -2.00. The second-order valence-corrected chi connectivity index (χ2v) is 5.66. The van der Waals surface area contributed by atoms with Gasteiger partial charge in [0, 0.05) is 17.1 Å². The summed E-state index contributed by atoms with van der Waals surface area (Å²) >= 11 is 6.06. The van der Waals surface area contributed by atoms with Crippen molar-refractivity contribution in [2.24, 2.45) is 0 Å². The van der Waals surface area contributed by atoms with Gasteiger partial charge in [0.1, 0.15) is 11.6 Å². The molecule has 0 saturated heterocycles. The molecule has 0 aliphatic carbocycles. The van der Waals surface area contributed by atoms with Crippen molar-refractivity contribution in [2.45, 2.75) is 26.8 Å². The third kappa shape index (κ3) is 2.49. The summed E-state index contributed by atoms with van der Waals surface area (Å²) in [5.41, 5.74) is 3.72. The van der Waals surface area contributed by atoms with Gasteiger partial charge in [-0.1, -0.05) is 30.7 Å². The maximum atomic E-state index is 9.94. The molecule has 2 aromatic carbocycles. The van der Waals surface area contributed by atoms with E-state index in [-0.39, 0.29) is 0 Å². The highest BCUT2D eigenvalue weighted by atomic mass is 35.5. The molecule has 0 atom stereocenters. The third-order valence-electron chi connectivity index (χ3n) is 3.62. The van der Waals surface area contributed by atoms with Gasteiger partial charge in [0.05, 0.1) is 11.0 Å². The number of halogens is 1. The number of nitrogens with zero attached hydrogens (tertiary/aromatic N) is 2. The zero-order valence-electron chi connectivity index (χ0n) is 12.1. The first-order chi connectivity index (χ1) is 10.1. The molecule has 21 heavy (non-hydrogen) atoms. The van der Waals surface area contributed by atoms with Gasteiger partial charge in [-0.2, -0.15) is 0 Å². The first-order valence-corrected chi connectivity index (χ1v) is 7.43. The molecule has 4 heteroatoms. The number of hydrogen-bond donors (Lipinski definition) is 1. The molecule has 0 saturated carbocycles. The fraction of sp³-hybridized carbons (Fsp3) is 0.235. The smallest absolute Gasteiger partial charge is 0.141 e. The summed E-state index contributed by atoms with van der Waals surface area (Å²) in [4.78, 5) is 4.70. The Morgan fingerprint density at radius 2 is 2.00 bits per heavy atom. The number of aryl methyl sites for hydroxylation is 2. The molecule has 0 radical (unpaired) electrons. The number of hydrogen-bond acceptors (Lipinski definition) is 2. The van der Waals surface area contributed by atoms with Crippen molar-refractivity contribution in [1.82, 2.24) is 9.55 Å². The number of aromatic nitrogens is 2. The van der Waals surface area contributed by atoms with Crippen LogP contribution in [0.4, 0.5) is 0 Å². The molecule has 1 N–H and O–H groups in total. The number of phenols is 1. The van der Waals surface area contributed by atoms with E-state index in [1.807, 2.05) is 37.3 Å². The number of phenolic OH excluding ortho intramolecular Hbond substituents is 1. The van der Waals surface area contributed by atoms with Crippen LogP contribution in [0.1, 0.15) is 18.9 Å². The van der Waals surface area contributed by atoms with Crippen molar-refractivity contribution in [2.75, 3.05) is 0 Å². The second kappa shape index (κ2) is 5.41. The lowest BCUT2D eigenvalue weighted by Gasteiger charge is -2.09. The molecule has 0 bridgehead atoms. The molecular formula is C17H17ClN2O. The van der Waals surface area contributed by atoms with Gasteiger partial charge in [0.25, 0.3) is 0 Å². The summed E-state index contributed by atoms with van der Waals surface area (Å²) < 4.78 is 2.18. The Kier molecular flexibility index (Phi) is 3.60. The van der Waals surface area contributed by atoms with Crippen LogP contribution in [-0.2, 0) is 6.54 Å². The fourth-order valence-corrected chi connectivity index (χ4v) is 2.69. The van der Waals surface area contributed by atoms with E-state index >= 15 is 0 Å². The fourth-order valence-electron chi connectivity index (χ4n) is 2.52. The number of imidazole rings is 1. The molecule has 0 aliphatic heterocycles. The SMILES string of the molecule is CCCn1c(-c2ccc(C)c(O)c2)nc2cc(Cl)ccc21. The van der Waals surface area contributed by atoms with E-state index in [0.717, 1.165) is 41.0 Å². The van der Waals surface area contributed by atoms with Crippen LogP contribution in [0.5, 0.6) is 5.75 Å². The minimum Gasteiger partial charge on any atom is -0.508 e. The van der Waals surface area contributed by atoms with Gasteiger partial charge in [0.15, 0.2) is 0 Å². The van der Waals surface area contributed by atoms with E-state index in [4.69, 9.17) is 16.6 Å². The maximum Gasteiger partial charge on any atom is 0.141 e. The third-order valence-corrected chi connectivity index (χ3v) is 3.86. The van der Waals surface area contributed by atoms with Gasteiger partial charge in [0.2, 0.25) is 0 Å². The topological polar surface area (TPSA) is 38.0 Å². The maximum absolute atomic E-state index is 9.94. The van der Waals surface area contributed by atoms with Gasteiger partial charge in [-0.3, -0.25) is 0 Å². The molecule has 108 valence electrons. The van der Waals surface area contributed by atoms with Crippen LogP contribution in [0.25, 0.3) is 22.4 Å². The van der Waals surface area contributed by atoms with Gasteiger partial charge < -0.3 is 9.67 Å². The zero-order valence-corrected chi connectivity index (χ0v) is 12.9. The van der Waals surface area contributed by atoms with Crippen molar-refractivity contribution >= 4 is 22.6 Å². The van der Waals surface area contributed by atoms with Crippen LogP contribution in [0, 0.1) is 6.92 Å². The summed E-state index contributed by atoms with van der Waals surface area (Å²) in [7, 11) is 0. The summed E-state index contributed by atoms with van der Waals surface area (Å²) in [5.74, 6) is 1.16. The Bertz CT molecular complexity index is 808. The molecule has 3 nitrogen and oxygen atoms in total. The molecule has 3 rings (SSSR count). The second-order valence-electron chi connectivity index (χ2n) is 5.22. The quantitative estimate of drug-likeness (QED) is 0.756. The first kappa shape index (κ1) is 14.0. The van der Waals surface area contributed by atoms with E-state index in [1.54, 1.807) is 6.07 Å². The largest absolute Gasteiger partial charge is 0.508 e. The highest BCUT2D eigenvalue weighted by molar-refractivity contribution is 6.31. The van der Waals surface area contributed by atoms with E-state index < -0.39 is 0 Å². The van der Waals surface area contributed by atoms with Crippen molar-refractivity contribution in [3.63, 3.8) is 0 Å². The molecule has 0 spiro atoms. The van der Waals surface area contributed by atoms with Crippen LogP contribution >= 0.6 is 11.6 Å². The zero-order chi connectivity index (χ0) is 15.0. The van der Waals surface area contributed by atoms with Gasteiger partial charge in [-0.05, 0) is 43.2 Å². The van der Waals surface area contributed by atoms with E-state index in [1.165, 1.54) is 0 Å². The van der Waals surface area contributed by atoms with E-state index in [0.29, 0.717) is 10.8 Å². The predicted octanol–water partition coefficient (Wildman–Crippen LogP) is 4.78. The van der Waals surface area contributed by atoms with Crippen molar-refractivity contribution in [3.8, 4) is 17.1 Å². The summed E-state index contributed by atoms with van der Waals surface area (Å²) in [6.07, 6.45) is 1.01. The lowest BCUT2D eigenvalue weighted by molar-refractivity contribution is 0.471. The molecule has 0 unspecified atom stereocenters. The van der Waals surface area contributed by atoms with Crippen LogP contribution in [0.3, 0.4) is 0 Å². The van der Waals surface area contributed by atoms with Gasteiger partial charge in [-0.15, -0.1) is 0 Å². The standard InChI is InChI=1S/C17H17ClN2O/c1-3-8-20-15-7-6-13(18)10-14(15)19-17(20)12-5-4-11(2)16(21)9-12/h4-7,9-10,21H,3,8H2,1-2H3.